The highest BCUT2D eigenvalue weighted by Crippen LogP contribution is 2.22. The summed E-state index contributed by atoms with van der Waals surface area (Å²) in [5.74, 6) is 0.429. The Labute approximate surface area is 185 Å². The number of H-pyrrole nitrogens is 1. The van der Waals surface area contributed by atoms with Crippen LogP contribution in [0, 0.1) is 18.6 Å². The number of hydrogen-bond donors (Lipinski definition) is 2. The van der Waals surface area contributed by atoms with E-state index in [0.717, 1.165) is 16.8 Å². The molecule has 1 amide bonds. The minimum atomic E-state index is -0.249. The van der Waals surface area contributed by atoms with Crippen LogP contribution in [0.4, 0.5) is 0 Å². The highest BCUT2D eigenvalue weighted by molar-refractivity contribution is 7.71. The van der Waals surface area contributed by atoms with Crippen molar-refractivity contribution in [1.29, 1.82) is 0 Å². The van der Waals surface area contributed by atoms with Gasteiger partial charge in [-0.25, -0.2) is 4.68 Å². The lowest BCUT2D eigenvalue weighted by atomic mass is 10.1. The molecule has 0 bridgehead atoms. The largest absolute Gasteiger partial charge is 0.345 e. The number of halogens is 1. The number of carbonyl (C=O) groups excluding carboxylic acids is 1. The molecule has 9 heteroatoms. The Balaban J connectivity index is 1.67. The molecule has 0 atom stereocenters. The van der Waals surface area contributed by atoms with Crippen molar-refractivity contribution in [2.24, 2.45) is 0 Å². The Hall–Kier alpha value is -2.71. The van der Waals surface area contributed by atoms with Crippen molar-refractivity contribution in [2.75, 3.05) is 0 Å². The smallest absolute Gasteiger partial charge is 0.244 e. The molecular formula is C21H25ClN6OS. The molecule has 2 N–H and O–H groups in total. The average Bonchev–Trinajstić information content (AvgIpc) is 3.19. The molecule has 2 aromatic heterocycles. The molecule has 3 aromatic rings. The molecule has 0 aliphatic heterocycles. The van der Waals surface area contributed by atoms with E-state index >= 15 is 0 Å². The summed E-state index contributed by atoms with van der Waals surface area (Å²) in [5.41, 5.74) is 3.80. The van der Waals surface area contributed by atoms with Crippen LogP contribution in [0.3, 0.4) is 0 Å². The number of aromatic amines is 1. The van der Waals surface area contributed by atoms with Gasteiger partial charge in [-0.3, -0.25) is 9.89 Å². The number of aryl methyl sites for hydroxylation is 2. The fourth-order valence-corrected chi connectivity index (χ4v) is 3.77. The number of rotatable bonds is 7. The van der Waals surface area contributed by atoms with Gasteiger partial charge in [0.05, 0.1) is 18.8 Å². The summed E-state index contributed by atoms with van der Waals surface area (Å²) >= 11 is 11.7. The third-order valence-electron chi connectivity index (χ3n) is 4.68. The molecular weight excluding hydrogens is 420 g/mol. The van der Waals surface area contributed by atoms with E-state index in [1.807, 2.05) is 32.3 Å². The molecule has 0 spiro atoms. The lowest BCUT2D eigenvalue weighted by molar-refractivity contribution is -0.116. The van der Waals surface area contributed by atoms with Gasteiger partial charge in [0.25, 0.3) is 0 Å². The fraction of sp³-hybridized carbons (Fsp3) is 0.333. The molecule has 0 aliphatic rings. The Morgan fingerprint density at radius 1 is 1.30 bits per heavy atom. The quantitative estimate of drug-likeness (QED) is 0.419. The summed E-state index contributed by atoms with van der Waals surface area (Å²) in [4.78, 5) is 12.3. The first-order valence-corrected chi connectivity index (χ1v) is 10.4. The van der Waals surface area contributed by atoms with E-state index in [-0.39, 0.29) is 18.5 Å². The van der Waals surface area contributed by atoms with Gasteiger partial charge >= 0.3 is 0 Å². The van der Waals surface area contributed by atoms with Crippen LogP contribution in [-0.2, 0) is 17.9 Å². The number of nitrogens with zero attached hydrogens (tertiary/aromatic N) is 4. The highest BCUT2D eigenvalue weighted by Gasteiger charge is 2.13. The summed E-state index contributed by atoms with van der Waals surface area (Å²) in [6.45, 7) is 8.78. The van der Waals surface area contributed by atoms with Crippen LogP contribution in [0.25, 0.3) is 6.08 Å². The van der Waals surface area contributed by atoms with E-state index in [4.69, 9.17) is 23.8 Å². The number of nitrogens with one attached hydrogen (secondary N) is 2. The number of carbonyl (C=O) groups is 1. The van der Waals surface area contributed by atoms with Gasteiger partial charge in [0.15, 0.2) is 10.6 Å². The summed E-state index contributed by atoms with van der Waals surface area (Å²) in [6, 6.07) is 8.38. The zero-order valence-corrected chi connectivity index (χ0v) is 19.0. The first-order chi connectivity index (χ1) is 14.3. The maximum atomic E-state index is 12.3. The number of aromatic nitrogens is 5. The first kappa shape index (κ1) is 22.0. The van der Waals surface area contributed by atoms with Crippen molar-refractivity contribution in [3.05, 3.63) is 68.5 Å². The molecule has 3 rings (SSSR count). The second-order valence-corrected chi connectivity index (χ2v) is 8.14. The Bertz CT molecular complexity index is 1120. The molecule has 7 nitrogen and oxygen atoms in total. The van der Waals surface area contributed by atoms with Gasteiger partial charge in [-0.1, -0.05) is 41.4 Å². The summed E-state index contributed by atoms with van der Waals surface area (Å²) in [7, 11) is 0. The van der Waals surface area contributed by atoms with Crippen LogP contribution in [0.15, 0.2) is 30.3 Å². The fourth-order valence-electron chi connectivity index (χ4n) is 3.11. The Morgan fingerprint density at radius 3 is 2.67 bits per heavy atom. The van der Waals surface area contributed by atoms with Gasteiger partial charge in [-0.05, 0) is 51.6 Å². The molecule has 158 valence electrons. The third kappa shape index (κ3) is 5.06. The summed E-state index contributed by atoms with van der Waals surface area (Å²) < 4.78 is 4.14. The van der Waals surface area contributed by atoms with E-state index < -0.39 is 0 Å². The normalized spacial score (nSPS) is 11.5. The van der Waals surface area contributed by atoms with Crippen molar-refractivity contribution in [1.82, 2.24) is 29.9 Å². The van der Waals surface area contributed by atoms with E-state index in [1.165, 1.54) is 11.6 Å². The molecule has 1 aromatic carbocycles. The van der Waals surface area contributed by atoms with Gasteiger partial charge in [0.1, 0.15) is 5.15 Å². The maximum absolute atomic E-state index is 12.3. The predicted molar refractivity (Wildman–Crippen MR) is 121 cm³/mol. The second-order valence-electron chi connectivity index (χ2n) is 7.39. The van der Waals surface area contributed by atoms with Gasteiger partial charge < -0.3 is 9.88 Å². The minimum Gasteiger partial charge on any atom is -0.345 e. The number of hydrogen-bond acceptors (Lipinski definition) is 4. The van der Waals surface area contributed by atoms with E-state index in [0.29, 0.717) is 22.3 Å². The van der Waals surface area contributed by atoms with Gasteiger partial charge in [0.2, 0.25) is 5.91 Å². The van der Waals surface area contributed by atoms with Crippen molar-refractivity contribution in [2.45, 2.75) is 46.8 Å². The monoisotopic (exact) mass is 444 g/mol. The molecule has 0 fully saturated rings. The molecule has 0 radical (unpaired) electrons. The van der Waals surface area contributed by atoms with Crippen LogP contribution in [0.1, 0.15) is 48.1 Å². The molecule has 0 saturated heterocycles. The van der Waals surface area contributed by atoms with Crippen molar-refractivity contribution < 1.29 is 4.79 Å². The second kappa shape index (κ2) is 9.40. The molecule has 0 aliphatic carbocycles. The average molecular weight is 445 g/mol. The van der Waals surface area contributed by atoms with Crippen LogP contribution in [0.2, 0.25) is 5.15 Å². The highest BCUT2D eigenvalue weighted by atomic mass is 35.5. The predicted octanol–water partition coefficient (Wildman–Crippen LogP) is 4.37. The van der Waals surface area contributed by atoms with Crippen LogP contribution < -0.4 is 5.32 Å². The summed E-state index contributed by atoms with van der Waals surface area (Å²) in [5, 5.41) is 14.8. The molecule has 0 saturated carbocycles. The minimum absolute atomic E-state index is 0.152. The topological polar surface area (TPSA) is 80.5 Å². The first-order valence-electron chi connectivity index (χ1n) is 9.66. The van der Waals surface area contributed by atoms with E-state index in [9.17, 15) is 4.79 Å². The number of amides is 1. The van der Waals surface area contributed by atoms with Crippen LogP contribution in [-0.4, -0.2) is 30.5 Å². The van der Waals surface area contributed by atoms with Gasteiger partial charge in [0, 0.05) is 17.7 Å². The van der Waals surface area contributed by atoms with Gasteiger partial charge in [-0.15, -0.1) is 0 Å². The maximum Gasteiger partial charge on any atom is 0.244 e. The van der Waals surface area contributed by atoms with Crippen LogP contribution in [0.5, 0.6) is 0 Å². The van der Waals surface area contributed by atoms with Crippen molar-refractivity contribution >= 4 is 35.8 Å². The van der Waals surface area contributed by atoms with Crippen molar-refractivity contribution in [3.8, 4) is 0 Å². The van der Waals surface area contributed by atoms with Crippen molar-refractivity contribution in [3.63, 3.8) is 0 Å². The van der Waals surface area contributed by atoms with E-state index in [1.54, 1.807) is 10.8 Å². The molecule has 30 heavy (non-hydrogen) atoms. The molecule has 2 heterocycles. The zero-order chi connectivity index (χ0) is 21.8. The van der Waals surface area contributed by atoms with Gasteiger partial charge in [-0.2, -0.15) is 10.2 Å². The Kier molecular flexibility index (Phi) is 6.89. The van der Waals surface area contributed by atoms with E-state index in [2.05, 4.69) is 44.9 Å². The zero-order valence-electron chi connectivity index (χ0n) is 17.4. The van der Waals surface area contributed by atoms with Crippen LogP contribution >= 0.6 is 23.8 Å². The Morgan fingerprint density at radius 2 is 2.00 bits per heavy atom. The lowest BCUT2D eigenvalue weighted by Gasteiger charge is -2.10. The third-order valence-corrected chi connectivity index (χ3v) is 5.36. The molecule has 0 unspecified atom stereocenters. The SMILES string of the molecule is Cc1ccc(Cn2nc(C)c(C=CC(=O)NCc3n[nH]c(=S)n3C(C)C)c2Cl)cc1. The lowest BCUT2D eigenvalue weighted by Crippen LogP contribution is -2.23. The number of benzene rings is 1. The summed E-state index contributed by atoms with van der Waals surface area (Å²) in [6.07, 6.45) is 3.14. The standard InChI is InChI=1S/C21H25ClN6OS/c1-13(2)28-18(24-25-21(28)30)11-23-19(29)10-9-17-15(4)26-27(20(17)22)12-16-7-5-14(3)6-8-16/h5-10,13H,11-12H2,1-4H3,(H,23,29)(H,25,30).